The zero-order valence-electron chi connectivity index (χ0n) is 19.1. The SMILES string of the molecule is Cc1cc(C(=O)c2cc(C#N)nn2C)n(-c2ccc(F)cc2C(C)Oc2cc(Br)cnc2[N+](=O)[O-])n1. The topological polar surface area (TPSA) is 142 Å². The zero-order chi connectivity index (χ0) is 26.1. The normalized spacial score (nSPS) is 11.7. The lowest BCUT2D eigenvalue weighted by Gasteiger charge is -2.19. The van der Waals surface area contributed by atoms with Crippen LogP contribution in [0.25, 0.3) is 5.69 Å². The highest BCUT2D eigenvalue weighted by molar-refractivity contribution is 9.10. The van der Waals surface area contributed by atoms with Gasteiger partial charge in [0.1, 0.15) is 29.4 Å². The Morgan fingerprint density at radius 3 is 2.67 bits per heavy atom. The van der Waals surface area contributed by atoms with Gasteiger partial charge in [0.05, 0.1) is 15.9 Å². The highest BCUT2D eigenvalue weighted by Gasteiger charge is 2.26. The van der Waals surface area contributed by atoms with Gasteiger partial charge in [0.2, 0.25) is 11.5 Å². The number of carbonyl (C=O) groups excluding carboxylic acids is 1. The number of pyridine rings is 1. The quantitative estimate of drug-likeness (QED) is 0.186. The number of carbonyl (C=O) groups is 1. The van der Waals surface area contributed by atoms with Gasteiger partial charge in [-0.15, -0.1) is 0 Å². The minimum atomic E-state index is -0.903. The molecule has 1 atom stereocenters. The van der Waals surface area contributed by atoms with Crippen molar-refractivity contribution in [1.82, 2.24) is 24.5 Å². The lowest BCUT2D eigenvalue weighted by molar-refractivity contribution is -0.390. The molecule has 182 valence electrons. The zero-order valence-corrected chi connectivity index (χ0v) is 20.7. The molecule has 0 radical (unpaired) electrons. The molecule has 4 aromatic rings. The summed E-state index contributed by atoms with van der Waals surface area (Å²) in [6.07, 6.45) is 0.365. The van der Waals surface area contributed by atoms with Gasteiger partial charge < -0.3 is 14.9 Å². The van der Waals surface area contributed by atoms with Gasteiger partial charge in [-0.3, -0.25) is 9.48 Å². The summed E-state index contributed by atoms with van der Waals surface area (Å²) in [5.74, 6) is -1.65. The minimum Gasteiger partial charge on any atom is -0.478 e. The molecule has 0 N–H and O–H groups in total. The number of ketones is 1. The predicted molar refractivity (Wildman–Crippen MR) is 127 cm³/mol. The third kappa shape index (κ3) is 4.71. The number of ether oxygens (including phenoxy) is 1. The van der Waals surface area contributed by atoms with Crippen LogP contribution in [0.2, 0.25) is 0 Å². The molecule has 3 heterocycles. The molecule has 1 aromatic carbocycles. The van der Waals surface area contributed by atoms with E-state index >= 15 is 0 Å². The fourth-order valence-corrected chi connectivity index (χ4v) is 3.96. The van der Waals surface area contributed by atoms with Crippen LogP contribution in [0.15, 0.2) is 47.1 Å². The molecular formula is C23H17BrFN7O4. The average molecular weight is 554 g/mol. The minimum absolute atomic E-state index is 0.0809. The van der Waals surface area contributed by atoms with Crippen LogP contribution >= 0.6 is 15.9 Å². The van der Waals surface area contributed by atoms with Gasteiger partial charge in [0, 0.05) is 24.7 Å². The van der Waals surface area contributed by atoms with E-state index in [2.05, 4.69) is 31.1 Å². The van der Waals surface area contributed by atoms with Crippen LogP contribution in [-0.4, -0.2) is 35.3 Å². The largest absolute Gasteiger partial charge is 0.478 e. The number of aromatic nitrogens is 5. The molecule has 3 aromatic heterocycles. The van der Waals surface area contributed by atoms with Gasteiger partial charge >= 0.3 is 5.82 Å². The second kappa shape index (κ2) is 9.67. The number of hydrogen-bond acceptors (Lipinski definition) is 8. The van der Waals surface area contributed by atoms with Gasteiger partial charge in [-0.25, -0.2) is 9.07 Å². The highest BCUT2D eigenvalue weighted by Crippen LogP contribution is 2.34. The lowest BCUT2D eigenvalue weighted by atomic mass is 10.1. The van der Waals surface area contributed by atoms with E-state index in [4.69, 9.17) is 10.00 Å². The van der Waals surface area contributed by atoms with Gasteiger partial charge in [-0.1, -0.05) is 0 Å². The van der Waals surface area contributed by atoms with Crippen LogP contribution in [-0.2, 0) is 7.05 Å². The van der Waals surface area contributed by atoms with Crippen molar-refractivity contribution in [2.45, 2.75) is 20.0 Å². The van der Waals surface area contributed by atoms with Crippen LogP contribution in [0, 0.1) is 34.2 Å². The number of hydrogen-bond donors (Lipinski definition) is 0. The molecule has 11 nitrogen and oxygen atoms in total. The van der Waals surface area contributed by atoms with Crippen LogP contribution < -0.4 is 4.74 Å². The van der Waals surface area contributed by atoms with Crippen LogP contribution in [0.4, 0.5) is 10.2 Å². The fourth-order valence-electron chi connectivity index (χ4n) is 3.65. The molecule has 13 heteroatoms. The van der Waals surface area contributed by atoms with Crippen molar-refractivity contribution in [2.24, 2.45) is 7.05 Å². The van der Waals surface area contributed by atoms with E-state index in [-0.39, 0.29) is 28.4 Å². The molecule has 4 rings (SSSR count). The molecule has 0 spiro atoms. The van der Waals surface area contributed by atoms with E-state index in [9.17, 15) is 19.3 Å². The Morgan fingerprint density at radius 1 is 1.25 bits per heavy atom. The first-order valence-corrected chi connectivity index (χ1v) is 11.2. The van der Waals surface area contributed by atoms with Gasteiger partial charge in [-0.05, 0) is 64.0 Å². The number of benzene rings is 1. The van der Waals surface area contributed by atoms with E-state index in [0.717, 1.165) is 0 Å². The maximum Gasteiger partial charge on any atom is 0.406 e. The number of rotatable bonds is 7. The van der Waals surface area contributed by atoms with Gasteiger partial charge in [0.25, 0.3) is 0 Å². The summed E-state index contributed by atoms with van der Waals surface area (Å²) in [5, 5.41) is 28.9. The second-order valence-electron chi connectivity index (χ2n) is 7.76. The standard InChI is InChI=1S/C23H17BrFN7O4/c1-12-6-20(22(33)19-9-16(10-26)29-30(19)3)31(28-12)18-5-4-15(25)8-17(18)13(2)36-21-7-14(24)11-27-23(21)32(34)35/h4-9,11,13H,1-3H3. The Hall–Kier alpha value is -4.44. The average Bonchev–Trinajstić information content (AvgIpc) is 3.40. The molecule has 0 aliphatic carbocycles. The van der Waals surface area contributed by atoms with E-state index in [1.807, 2.05) is 6.07 Å². The molecule has 0 amide bonds. The molecule has 0 saturated carbocycles. The van der Waals surface area contributed by atoms with Crippen molar-refractivity contribution in [3.63, 3.8) is 0 Å². The first-order valence-electron chi connectivity index (χ1n) is 10.4. The summed E-state index contributed by atoms with van der Waals surface area (Å²) >= 11 is 3.21. The molecular weight excluding hydrogens is 537 g/mol. The third-order valence-corrected chi connectivity index (χ3v) is 5.66. The van der Waals surface area contributed by atoms with Crippen molar-refractivity contribution in [2.75, 3.05) is 0 Å². The monoisotopic (exact) mass is 553 g/mol. The molecule has 0 saturated heterocycles. The molecule has 0 bridgehead atoms. The van der Waals surface area contributed by atoms with E-state index in [0.29, 0.717) is 15.9 Å². The summed E-state index contributed by atoms with van der Waals surface area (Å²) in [4.78, 5) is 27.9. The van der Waals surface area contributed by atoms with E-state index < -0.39 is 28.4 Å². The number of nitrogens with zero attached hydrogens (tertiary/aromatic N) is 7. The highest BCUT2D eigenvalue weighted by atomic mass is 79.9. The van der Waals surface area contributed by atoms with Crippen LogP contribution in [0.3, 0.4) is 0 Å². The first-order chi connectivity index (χ1) is 17.1. The van der Waals surface area contributed by atoms with Crippen LogP contribution in [0.1, 0.15) is 46.2 Å². The maximum atomic E-state index is 14.3. The summed E-state index contributed by atoms with van der Waals surface area (Å²) in [7, 11) is 1.54. The summed E-state index contributed by atoms with van der Waals surface area (Å²) in [6, 6.07) is 10.1. The summed E-state index contributed by atoms with van der Waals surface area (Å²) in [6.45, 7) is 3.28. The van der Waals surface area contributed by atoms with Crippen LogP contribution in [0.5, 0.6) is 5.75 Å². The molecule has 36 heavy (non-hydrogen) atoms. The second-order valence-corrected chi connectivity index (χ2v) is 8.67. The van der Waals surface area contributed by atoms with Gasteiger partial charge in [0.15, 0.2) is 11.9 Å². The summed E-state index contributed by atoms with van der Waals surface area (Å²) < 4.78 is 23.3. The number of nitriles is 1. The fraction of sp³-hybridized carbons (Fsp3) is 0.174. The van der Waals surface area contributed by atoms with Crippen molar-refractivity contribution in [3.8, 4) is 17.5 Å². The number of nitro groups is 1. The van der Waals surface area contributed by atoms with Crippen molar-refractivity contribution in [1.29, 1.82) is 5.26 Å². The molecule has 0 aliphatic heterocycles. The smallest absolute Gasteiger partial charge is 0.406 e. The third-order valence-electron chi connectivity index (χ3n) is 5.22. The predicted octanol–water partition coefficient (Wildman–Crippen LogP) is 4.36. The Morgan fingerprint density at radius 2 is 2.00 bits per heavy atom. The van der Waals surface area contributed by atoms with Crippen molar-refractivity contribution in [3.05, 3.63) is 91.3 Å². The van der Waals surface area contributed by atoms with Crippen molar-refractivity contribution < 1.29 is 18.8 Å². The van der Waals surface area contributed by atoms with E-state index in [1.54, 1.807) is 27.0 Å². The molecule has 0 fully saturated rings. The Labute approximate surface area is 212 Å². The number of aryl methyl sites for hydroxylation is 2. The van der Waals surface area contributed by atoms with E-state index in [1.165, 1.54) is 45.9 Å². The Balaban J connectivity index is 1.80. The Kier molecular flexibility index (Phi) is 6.63. The molecule has 0 aliphatic rings. The lowest BCUT2D eigenvalue weighted by Crippen LogP contribution is -2.16. The van der Waals surface area contributed by atoms with Crippen molar-refractivity contribution >= 4 is 27.5 Å². The Bertz CT molecular complexity index is 1560. The first kappa shape index (κ1) is 24.7. The summed E-state index contributed by atoms with van der Waals surface area (Å²) in [5.41, 5.74) is 1.51. The maximum absolute atomic E-state index is 14.3. The van der Waals surface area contributed by atoms with Gasteiger partial charge in [-0.2, -0.15) is 15.5 Å². The number of halogens is 2. The molecule has 1 unspecified atom stereocenters.